The molecule has 0 aliphatic heterocycles. The largest absolute Gasteiger partial charge is 0.465 e. The van der Waals surface area contributed by atoms with Crippen LogP contribution in [0, 0.1) is 6.92 Å². The summed E-state index contributed by atoms with van der Waals surface area (Å²) in [4.78, 5) is 27.3. The number of carbonyl (C=O) groups is 2. The van der Waals surface area contributed by atoms with Crippen LogP contribution in [0.2, 0.25) is 0 Å². The SMILES string of the molecule is CCOC(=O)CNC(=O)c1cnc2c(c1)c(C)nn2C. The van der Waals surface area contributed by atoms with Crippen LogP contribution < -0.4 is 5.32 Å². The van der Waals surface area contributed by atoms with Gasteiger partial charge in [0.1, 0.15) is 6.54 Å². The molecule has 20 heavy (non-hydrogen) atoms. The Labute approximate surface area is 115 Å². The maximum atomic E-state index is 11.9. The van der Waals surface area contributed by atoms with Gasteiger partial charge in [-0.2, -0.15) is 5.10 Å². The second-order valence-corrected chi connectivity index (χ2v) is 4.29. The number of amides is 1. The lowest BCUT2D eigenvalue weighted by atomic mass is 10.2. The Kier molecular flexibility index (Phi) is 3.97. The number of rotatable bonds is 4. The summed E-state index contributed by atoms with van der Waals surface area (Å²) in [7, 11) is 1.79. The molecule has 0 atom stereocenters. The number of nitrogens with zero attached hydrogens (tertiary/aromatic N) is 3. The van der Waals surface area contributed by atoms with Crippen molar-refractivity contribution in [2.75, 3.05) is 13.2 Å². The summed E-state index contributed by atoms with van der Waals surface area (Å²) in [5, 5.41) is 7.55. The van der Waals surface area contributed by atoms with Crippen molar-refractivity contribution in [1.29, 1.82) is 0 Å². The molecule has 7 heteroatoms. The highest BCUT2D eigenvalue weighted by Crippen LogP contribution is 2.16. The van der Waals surface area contributed by atoms with E-state index in [0.29, 0.717) is 11.2 Å². The van der Waals surface area contributed by atoms with E-state index in [9.17, 15) is 9.59 Å². The third kappa shape index (κ3) is 2.76. The monoisotopic (exact) mass is 276 g/mol. The van der Waals surface area contributed by atoms with Crippen LogP contribution in [0.5, 0.6) is 0 Å². The van der Waals surface area contributed by atoms with Gasteiger partial charge in [0.05, 0.1) is 17.9 Å². The first-order valence-electron chi connectivity index (χ1n) is 6.26. The number of ether oxygens (including phenoxy) is 1. The van der Waals surface area contributed by atoms with Crippen molar-refractivity contribution in [2.45, 2.75) is 13.8 Å². The molecule has 0 saturated carbocycles. The van der Waals surface area contributed by atoms with Gasteiger partial charge >= 0.3 is 5.97 Å². The van der Waals surface area contributed by atoms with Crippen molar-refractivity contribution >= 4 is 22.9 Å². The third-order valence-electron chi connectivity index (χ3n) is 2.82. The second kappa shape index (κ2) is 5.68. The maximum Gasteiger partial charge on any atom is 0.325 e. The zero-order chi connectivity index (χ0) is 14.7. The normalized spacial score (nSPS) is 10.6. The number of hydrogen-bond acceptors (Lipinski definition) is 5. The van der Waals surface area contributed by atoms with Crippen LogP contribution in [0.3, 0.4) is 0 Å². The van der Waals surface area contributed by atoms with Crippen LogP contribution in [0.4, 0.5) is 0 Å². The molecule has 0 spiro atoms. The number of nitrogens with one attached hydrogen (secondary N) is 1. The van der Waals surface area contributed by atoms with E-state index in [-0.39, 0.29) is 19.1 Å². The van der Waals surface area contributed by atoms with Crippen molar-refractivity contribution in [3.63, 3.8) is 0 Å². The molecule has 0 fully saturated rings. The molecule has 0 unspecified atom stereocenters. The molecule has 2 aromatic rings. The van der Waals surface area contributed by atoms with E-state index >= 15 is 0 Å². The van der Waals surface area contributed by atoms with Crippen molar-refractivity contribution in [3.05, 3.63) is 23.5 Å². The van der Waals surface area contributed by atoms with Crippen LogP contribution in [0.25, 0.3) is 11.0 Å². The van der Waals surface area contributed by atoms with Gasteiger partial charge in [-0.05, 0) is 19.9 Å². The lowest BCUT2D eigenvalue weighted by Crippen LogP contribution is -2.30. The van der Waals surface area contributed by atoms with Gasteiger partial charge in [-0.3, -0.25) is 14.3 Å². The number of aryl methyl sites for hydroxylation is 2. The third-order valence-corrected chi connectivity index (χ3v) is 2.82. The van der Waals surface area contributed by atoms with Gasteiger partial charge in [0.25, 0.3) is 5.91 Å². The molecule has 0 saturated heterocycles. The minimum atomic E-state index is -0.465. The molecule has 0 aliphatic carbocycles. The number of aromatic nitrogens is 3. The molecule has 0 aromatic carbocycles. The molecule has 1 amide bonds. The Morgan fingerprint density at radius 1 is 1.45 bits per heavy atom. The minimum Gasteiger partial charge on any atom is -0.465 e. The van der Waals surface area contributed by atoms with E-state index in [1.807, 2.05) is 6.92 Å². The van der Waals surface area contributed by atoms with Crippen molar-refractivity contribution in [2.24, 2.45) is 7.05 Å². The quantitative estimate of drug-likeness (QED) is 0.825. The van der Waals surface area contributed by atoms with Gasteiger partial charge in [0.15, 0.2) is 5.65 Å². The first kappa shape index (κ1) is 14.0. The predicted molar refractivity (Wildman–Crippen MR) is 72.2 cm³/mol. The molecule has 1 N–H and O–H groups in total. The van der Waals surface area contributed by atoms with Gasteiger partial charge in [0.2, 0.25) is 0 Å². The smallest absolute Gasteiger partial charge is 0.325 e. The van der Waals surface area contributed by atoms with Crippen LogP contribution >= 0.6 is 0 Å². The molecular weight excluding hydrogens is 260 g/mol. The van der Waals surface area contributed by atoms with Crippen molar-refractivity contribution in [3.8, 4) is 0 Å². The predicted octanol–water partition coefficient (Wildman–Crippen LogP) is 0.570. The topological polar surface area (TPSA) is 86.1 Å². The summed E-state index contributed by atoms with van der Waals surface area (Å²) in [6.45, 7) is 3.70. The summed E-state index contributed by atoms with van der Waals surface area (Å²) in [5.41, 5.74) is 1.90. The Hall–Kier alpha value is -2.44. The summed E-state index contributed by atoms with van der Waals surface area (Å²) < 4.78 is 6.40. The van der Waals surface area contributed by atoms with E-state index in [1.165, 1.54) is 6.20 Å². The summed E-state index contributed by atoms with van der Waals surface area (Å²) in [6, 6.07) is 1.71. The standard InChI is InChI=1S/C13H16N4O3/c1-4-20-11(18)7-15-13(19)9-5-10-8(2)16-17(3)12(10)14-6-9/h5-6H,4,7H2,1-3H3,(H,15,19). The molecule has 2 rings (SSSR count). The molecule has 2 heterocycles. The minimum absolute atomic E-state index is 0.156. The highest BCUT2D eigenvalue weighted by Gasteiger charge is 2.12. The first-order chi connectivity index (χ1) is 9.52. The Bertz CT molecular complexity index is 663. The van der Waals surface area contributed by atoms with Gasteiger partial charge in [0, 0.05) is 18.6 Å². The lowest BCUT2D eigenvalue weighted by molar-refractivity contribution is -0.141. The van der Waals surface area contributed by atoms with Crippen LogP contribution in [0.15, 0.2) is 12.3 Å². The van der Waals surface area contributed by atoms with Gasteiger partial charge < -0.3 is 10.1 Å². The van der Waals surface area contributed by atoms with Gasteiger partial charge in [-0.15, -0.1) is 0 Å². The molecule has 7 nitrogen and oxygen atoms in total. The van der Waals surface area contributed by atoms with Crippen LogP contribution in [0.1, 0.15) is 23.0 Å². The fourth-order valence-corrected chi connectivity index (χ4v) is 1.90. The highest BCUT2D eigenvalue weighted by molar-refractivity contribution is 5.98. The van der Waals surface area contributed by atoms with Gasteiger partial charge in [-0.25, -0.2) is 4.98 Å². The van der Waals surface area contributed by atoms with Crippen molar-refractivity contribution < 1.29 is 14.3 Å². The Morgan fingerprint density at radius 2 is 2.20 bits per heavy atom. The highest BCUT2D eigenvalue weighted by atomic mass is 16.5. The van der Waals surface area contributed by atoms with Crippen LogP contribution in [-0.2, 0) is 16.6 Å². The van der Waals surface area contributed by atoms with Crippen molar-refractivity contribution in [1.82, 2.24) is 20.1 Å². The number of fused-ring (bicyclic) bond motifs is 1. The van der Waals surface area contributed by atoms with Gasteiger partial charge in [-0.1, -0.05) is 0 Å². The molecule has 0 radical (unpaired) electrons. The lowest BCUT2D eigenvalue weighted by Gasteiger charge is -2.05. The maximum absolute atomic E-state index is 11.9. The molecule has 106 valence electrons. The zero-order valence-electron chi connectivity index (χ0n) is 11.6. The number of hydrogen-bond donors (Lipinski definition) is 1. The van der Waals surface area contributed by atoms with E-state index in [2.05, 4.69) is 15.4 Å². The average molecular weight is 276 g/mol. The fourth-order valence-electron chi connectivity index (χ4n) is 1.90. The number of pyridine rings is 1. The Balaban J connectivity index is 2.14. The summed E-state index contributed by atoms with van der Waals surface area (Å²) in [6.07, 6.45) is 1.46. The first-order valence-corrected chi connectivity index (χ1v) is 6.26. The van der Waals surface area contributed by atoms with E-state index in [4.69, 9.17) is 4.74 Å². The number of carbonyl (C=O) groups excluding carboxylic acids is 2. The molecule has 0 aliphatic rings. The Morgan fingerprint density at radius 3 is 2.90 bits per heavy atom. The summed E-state index contributed by atoms with van der Waals surface area (Å²) in [5.74, 6) is -0.830. The molecule has 0 bridgehead atoms. The second-order valence-electron chi connectivity index (χ2n) is 4.29. The zero-order valence-corrected chi connectivity index (χ0v) is 11.6. The fraction of sp³-hybridized carbons (Fsp3) is 0.385. The van der Waals surface area contributed by atoms with E-state index < -0.39 is 5.97 Å². The summed E-state index contributed by atoms with van der Waals surface area (Å²) >= 11 is 0. The van der Waals surface area contributed by atoms with E-state index in [1.54, 1.807) is 24.7 Å². The molecular formula is C13H16N4O3. The van der Waals surface area contributed by atoms with E-state index in [0.717, 1.165) is 11.1 Å². The molecule has 2 aromatic heterocycles. The average Bonchev–Trinajstić information content (AvgIpc) is 2.71. The number of esters is 1. The van der Waals surface area contributed by atoms with Crippen LogP contribution in [-0.4, -0.2) is 39.8 Å².